The van der Waals surface area contributed by atoms with E-state index in [1.165, 1.54) is 17.4 Å². The Morgan fingerprint density at radius 3 is 2.55 bits per heavy atom. The molecule has 158 valence electrons. The summed E-state index contributed by atoms with van der Waals surface area (Å²) < 4.78 is 5.22. The number of hydrogen-bond donors (Lipinski definition) is 0. The van der Waals surface area contributed by atoms with Crippen LogP contribution in [0.1, 0.15) is 50.1 Å². The number of ketones is 1. The number of rotatable bonds is 3. The summed E-state index contributed by atoms with van der Waals surface area (Å²) in [4.78, 5) is 38.3. The zero-order valence-corrected chi connectivity index (χ0v) is 17.5. The van der Waals surface area contributed by atoms with Crippen LogP contribution in [0.15, 0.2) is 53.3 Å². The molecule has 7 heteroatoms. The number of hydrogen-bond acceptors (Lipinski definition) is 6. The van der Waals surface area contributed by atoms with Crippen molar-refractivity contribution in [3.63, 3.8) is 0 Å². The van der Waals surface area contributed by atoms with Crippen molar-refractivity contribution in [1.82, 2.24) is 14.9 Å². The van der Waals surface area contributed by atoms with Gasteiger partial charge in [-0.1, -0.05) is 29.8 Å². The number of piperazine rings is 1. The lowest BCUT2D eigenvalue weighted by Gasteiger charge is -2.34. The Labute approximate surface area is 180 Å². The molecule has 0 N–H and O–H groups in total. The highest BCUT2D eigenvalue weighted by molar-refractivity contribution is 5.98. The third-order valence-electron chi connectivity index (χ3n) is 6.16. The van der Waals surface area contributed by atoms with Gasteiger partial charge in [0.15, 0.2) is 11.5 Å². The monoisotopic (exact) mass is 416 g/mol. The van der Waals surface area contributed by atoms with Crippen molar-refractivity contribution in [2.24, 2.45) is 0 Å². The Morgan fingerprint density at radius 2 is 1.84 bits per heavy atom. The molecule has 3 heterocycles. The fraction of sp³-hybridized carbons (Fsp3) is 0.333. The largest absolute Gasteiger partial charge is 0.459 e. The summed E-state index contributed by atoms with van der Waals surface area (Å²) >= 11 is 0. The van der Waals surface area contributed by atoms with Crippen LogP contribution in [-0.4, -0.2) is 52.7 Å². The topological polar surface area (TPSA) is 79.5 Å². The summed E-state index contributed by atoms with van der Waals surface area (Å²) in [5, 5.41) is 0. The zero-order chi connectivity index (χ0) is 21.4. The van der Waals surface area contributed by atoms with E-state index in [0.29, 0.717) is 49.9 Å². The van der Waals surface area contributed by atoms with Crippen molar-refractivity contribution >= 4 is 17.6 Å². The molecule has 1 atom stereocenters. The van der Waals surface area contributed by atoms with Crippen LogP contribution in [0.3, 0.4) is 0 Å². The maximum absolute atomic E-state index is 12.7. The molecule has 1 saturated heterocycles. The summed E-state index contributed by atoms with van der Waals surface area (Å²) in [5.41, 5.74) is 3.84. The molecule has 1 fully saturated rings. The van der Waals surface area contributed by atoms with Gasteiger partial charge in [-0.3, -0.25) is 9.59 Å². The Kier molecular flexibility index (Phi) is 5.02. The molecule has 0 spiro atoms. The van der Waals surface area contributed by atoms with Gasteiger partial charge in [-0.05, 0) is 37.0 Å². The summed E-state index contributed by atoms with van der Waals surface area (Å²) in [6, 6.07) is 11.8. The van der Waals surface area contributed by atoms with Gasteiger partial charge in [-0.15, -0.1) is 0 Å². The SMILES string of the molecule is Cc1ccc(C2CC(=O)c3cnc(N4CCN(C(=O)c5ccco5)CC4)nc3C2)cc1. The number of nitrogens with zero attached hydrogens (tertiary/aromatic N) is 4. The fourth-order valence-electron chi connectivity index (χ4n) is 4.33. The predicted molar refractivity (Wildman–Crippen MR) is 115 cm³/mol. The second kappa shape index (κ2) is 7.98. The lowest BCUT2D eigenvalue weighted by molar-refractivity contribution is 0.0714. The van der Waals surface area contributed by atoms with Crippen molar-refractivity contribution in [3.05, 3.63) is 77.0 Å². The van der Waals surface area contributed by atoms with Gasteiger partial charge in [0, 0.05) is 38.8 Å². The van der Waals surface area contributed by atoms with Crippen LogP contribution >= 0.6 is 0 Å². The van der Waals surface area contributed by atoms with Crippen molar-refractivity contribution in [3.8, 4) is 0 Å². The smallest absolute Gasteiger partial charge is 0.289 e. The van der Waals surface area contributed by atoms with E-state index in [-0.39, 0.29) is 17.6 Å². The molecule has 1 amide bonds. The number of fused-ring (bicyclic) bond motifs is 1. The average Bonchev–Trinajstić information content (AvgIpc) is 3.34. The molecule has 0 radical (unpaired) electrons. The highest BCUT2D eigenvalue weighted by atomic mass is 16.3. The molecule has 31 heavy (non-hydrogen) atoms. The van der Waals surface area contributed by atoms with E-state index in [2.05, 4.69) is 41.1 Å². The van der Waals surface area contributed by atoms with Crippen LogP contribution in [0.4, 0.5) is 5.95 Å². The molecule has 1 aliphatic heterocycles. The van der Waals surface area contributed by atoms with E-state index in [1.807, 2.05) is 0 Å². The third kappa shape index (κ3) is 3.83. The molecule has 2 aromatic heterocycles. The van der Waals surface area contributed by atoms with E-state index in [9.17, 15) is 9.59 Å². The lowest BCUT2D eigenvalue weighted by atomic mass is 9.82. The van der Waals surface area contributed by atoms with Crippen molar-refractivity contribution < 1.29 is 14.0 Å². The van der Waals surface area contributed by atoms with Crippen LogP contribution in [0.25, 0.3) is 0 Å². The first kappa shape index (κ1) is 19.5. The zero-order valence-electron chi connectivity index (χ0n) is 17.5. The molecule has 1 unspecified atom stereocenters. The molecular weight excluding hydrogens is 392 g/mol. The first-order chi connectivity index (χ1) is 15.1. The van der Waals surface area contributed by atoms with Crippen molar-refractivity contribution in [1.29, 1.82) is 0 Å². The highest BCUT2D eigenvalue weighted by Crippen LogP contribution is 2.32. The van der Waals surface area contributed by atoms with E-state index >= 15 is 0 Å². The van der Waals surface area contributed by atoms with Gasteiger partial charge in [0.2, 0.25) is 5.95 Å². The Hall–Kier alpha value is -3.48. The number of carbonyl (C=O) groups is 2. The molecule has 0 saturated carbocycles. The molecule has 3 aromatic rings. The number of carbonyl (C=O) groups excluding carboxylic acids is 2. The number of amides is 1. The van der Waals surface area contributed by atoms with Gasteiger partial charge in [-0.25, -0.2) is 9.97 Å². The van der Waals surface area contributed by atoms with Gasteiger partial charge in [-0.2, -0.15) is 0 Å². The molecule has 5 rings (SSSR count). The van der Waals surface area contributed by atoms with Crippen molar-refractivity contribution in [2.45, 2.75) is 25.7 Å². The minimum Gasteiger partial charge on any atom is -0.459 e. The second-order valence-electron chi connectivity index (χ2n) is 8.23. The van der Waals surface area contributed by atoms with E-state index in [4.69, 9.17) is 9.40 Å². The first-order valence-electron chi connectivity index (χ1n) is 10.6. The Bertz CT molecular complexity index is 1100. The van der Waals surface area contributed by atoms with Crippen molar-refractivity contribution in [2.75, 3.05) is 31.1 Å². The molecule has 0 bridgehead atoms. The van der Waals surface area contributed by atoms with E-state index in [1.54, 1.807) is 23.2 Å². The van der Waals surface area contributed by atoms with Crippen LogP contribution < -0.4 is 4.90 Å². The molecule has 1 aliphatic carbocycles. The van der Waals surface area contributed by atoms with Gasteiger partial charge < -0.3 is 14.2 Å². The lowest BCUT2D eigenvalue weighted by Crippen LogP contribution is -2.49. The summed E-state index contributed by atoms with van der Waals surface area (Å²) in [6.45, 7) is 4.49. The second-order valence-corrected chi connectivity index (χ2v) is 8.23. The fourth-order valence-corrected chi connectivity index (χ4v) is 4.33. The van der Waals surface area contributed by atoms with Gasteiger partial charge >= 0.3 is 0 Å². The van der Waals surface area contributed by atoms with Crippen LogP contribution in [-0.2, 0) is 6.42 Å². The Balaban J connectivity index is 1.30. The number of benzene rings is 1. The standard InChI is InChI=1S/C24H24N4O3/c1-16-4-6-17(7-5-16)18-13-20-19(21(29)14-18)15-25-24(26-20)28-10-8-27(9-11-28)23(30)22-3-2-12-31-22/h2-7,12,15,18H,8-11,13-14H2,1H3. The normalized spacial score (nSPS) is 18.7. The van der Waals surface area contributed by atoms with Gasteiger partial charge in [0.05, 0.1) is 17.5 Å². The summed E-state index contributed by atoms with van der Waals surface area (Å²) in [7, 11) is 0. The van der Waals surface area contributed by atoms with E-state index in [0.717, 1.165) is 12.1 Å². The minimum atomic E-state index is -0.0949. The van der Waals surface area contributed by atoms with Crippen LogP contribution in [0, 0.1) is 6.92 Å². The van der Waals surface area contributed by atoms with Crippen LogP contribution in [0.5, 0.6) is 0 Å². The number of aryl methyl sites for hydroxylation is 1. The minimum absolute atomic E-state index is 0.0949. The molecular formula is C24H24N4O3. The summed E-state index contributed by atoms with van der Waals surface area (Å²) in [5.74, 6) is 1.14. The van der Waals surface area contributed by atoms with Gasteiger partial charge in [0.25, 0.3) is 5.91 Å². The first-order valence-corrected chi connectivity index (χ1v) is 10.6. The number of aromatic nitrogens is 2. The number of anilines is 1. The maximum atomic E-state index is 12.7. The highest BCUT2D eigenvalue weighted by Gasteiger charge is 2.30. The molecule has 1 aromatic carbocycles. The third-order valence-corrected chi connectivity index (χ3v) is 6.16. The number of furan rings is 1. The van der Waals surface area contributed by atoms with Crippen LogP contribution in [0.2, 0.25) is 0 Å². The predicted octanol–water partition coefficient (Wildman–Crippen LogP) is 3.25. The quantitative estimate of drug-likeness (QED) is 0.652. The average molecular weight is 416 g/mol. The maximum Gasteiger partial charge on any atom is 0.289 e. The molecule has 7 nitrogen and oxygen atoms in total. The van der Waals surface area contributed by atoms with Gasteiger partial charge in [0.1, 0.15) is 0 Å². The molecule has 2 aliphatic rings. The summed E-state index contributed by atoms with van der Waals surface area (Å²) in [6.07, 6.45) is 4.41. The van der Waals surface area contributed by atoms with E-state index < -0.39 is 0 Å². The number of Topliss-reactive ketones (excluding diaryl/α,β-unsaturated/α-hetero) is 1. The Morgan fingerprint density at radius 1 is 1.06 bits per heavy atom.